The first-order valence-corrected chi connectivity index (χ1v) is 8.26. The Labute approximate surface area is 125 Å². The van der Waals surface area contributed by atoms with Gasteiger partial charge in [0.25, 0.3) is 0 Å². The second kappa shape index (κ2) is 7.85. The molecule has 2 heteroatoms. The largest absolute Gasteiger partial charge is 0.352 e. The maximum atomic E-state index is 11.5. The normalized spacial score (nSPS) is 18.6. The molecule has 1 fully saturated rings. The maximum absolute atomic E-state index is 11.5. The van der Waals surface area contributed by atoms with E-state index in [2.05, 4.69) is 32.7 Å². The number of carbonyl (C=O) groups is 1. The van der Waals surface area contributed by atoms with Crippen LogP contribution in [0, 0.1) is 17.3 Å². The van der Waals surface area contributed by atoms with Crippen LogP contribution in [0.15, 0.2) is 12.2 Å². The van der Waals surface area contributed by atoms with Gasteiger partial charge in [-0.2, -0.15) is 0 Å². The van der Waals surface area contributed by atoms with E-state index in [1.54, 1.807) is 6.92 Å². The van der Waals surface area contributed by atoms with Gasteiger partial charge in [0.2, 0.25) is 5.91 Å². The van der Waals surface area contributed by atoms with Crippen molar-refractivity contribution in [3.8, 4) is 0 Å². The third-order valence-corrected chi connectivity index (χ3v) is 4.70. The SMILES string of the molecule is C=C(C)C(=O)NCCCC(C1CCCCC1)C(C)(C)C. The summed E-state index contributed by atoms with van der Waals surface area (Å²) in [6.45, 7) is 13.3. The first-order chi connectivity index (χ1) is 9.32. The fraction of sp³-hybridized carbons (Fsp3) is 0.833. The molecule has 1 atom stereocenters. The molecular formula is C18H33NO. The molecule has 1 aliphatic rings. The van der Waals surface area contributed by atoms with Gasteiger partial charge < -0.3 is 5.32 Å². The molecule has 0 radical (unpaired) electrons. The van der Waals surface area contributed by atoms with E-state index < -0.39 is 0 Å². The van der Waals surface area contributed by atoms with Gasteiger partial charge >= 0.3 is 0 Å². The Bertz CT molecular complexity index is 321. The second-order valence-electron chi connectivity index (χ2n) is 7.55. The minimum atomic E-state index is -0.00465. The van der Waals surface area contributed by atoms with Crippen LogP contribution in [0.25, 0.3) is 0 Å². The Kier molecular flexibility index (Phi) is 6.78. The average Bonchev–Trinajstić information content (AvgIpc) is 2.37. The van der Waals surface area contributed by atoms with Gasteiger partial charge in [-0.15, -0.1) is 0 Å². The Morgan fingerprint density at radius 2 is 1.85 bits per heavy atom. The molecule has 0 bridgehead atoms. The highest BCUT2D eigenvalue weighted by molar-refractivity contribution is 5.91. The lowest BCUT2D eigenvalue weighted by Crippen LogP contribution is -2.31. The fourth-order valence-corrected chi connectivity index (χ4v) is 3.59. The standard InChI is InChI=1S/C18H33NO/c1-14(2)17(20)19-13-9-12-16(18(3,4)5)15-10-7-6-8-11-15/h15-16H,1,6-13H2,2-5H3,(H,19,20). The van der Waals surface area contributed by atoms with E-state index in [-0.39, 0.29) is 5.91 Å². The smallest absolute Gasteiger partial charge is 0.246 e. The summed E-state index contributed by atoms with van der Waals surface area (Å²) in [5.74, 6) is 1.67. The van der Waals surface area contributed by atoms with Crippen molar-refractivity contribution in [1.82, 2.24) is 5.32 Å². The minimum absolute atomic E-state index is 0.00465. The van der Waals surface area contributed by atoms with E-state index >= 15 is 0 Å². The van der Waals surface area contributed by atoms with Crippen molar-refractivity contribution < 1.29 is 4.79 Å². The van der Waals surface area contributed by atoms with E-state index in [4.69, 9.17) is 0 Å². The lowest BCUT2D eigenvalue weighted by atomic mass is 9.66. The lowest BCUT2D eigenvalue weighted by molar-refractivity contribution is -0.117. The minimum Gasteiger partial charge on any atom is -0.352 e. The number of nitrogens with one attached hydrogen (secondary N) is 1. The molecule has 1 amide bonds. The topological polar surface area (TPSA) is 29.1 Å². The monoisotopic (exact) mass is 279 g/mol. The molecule has 1 N–H and O–H groups in total. The summed E-state index contributed by atoms with van der Waals surface area (Å²) in [6.07, 6.45) is 9.34. The van der Waals surface area contributed by atoms with Gasteiger partial charge in [-0.05, 0) is 37.0 Å². The summed E-state index contributed by atoms with van der Waals surface area (Å²) in [7, 11) is 0. The molecule has 0 aromatic rings. The third-order valence-electron chi connectivity index (χ3n) is 4.70. The van der Waals surface area contributed by atoms with Crippen LogP contribution in [-0.2, 0) is 4.79 Å². The molecule has 1 aliphatic carbocycles. The zero-order valence-electron chi connectivity index (χ0n) is 13.9. The van der Waals surface area contributed by atoms with Gasteiger partial charge in [0.05, 0.1) is 0 Å². The number of hydrogen-bond acceptors (Lipinski definition) is 1. The van der Waals surface area contributed by atoms with E-state index in [0.29, 0.717) is 11.0 Å². The van der Waals surface area contributed by atoms with Crippen molar-refractivity contribution in [2.75, 3.05) is 6.54 Å². The highest BCUT2D eigenvalue weighted by Gasteiger charge is 2.32. The molecule has 20 heavy (non-hydrogen) atoms. The van der Waals surface area contributed by atoms with Crippen molar-refractivity contribution in [3.63, 3.8) is 0 Å². The molecule has 0 aromatic heterocycles. The first kappa shape index (κ1) is 17.3. The van der Waals surface area contributed by atoms with Crippen LogP contribution in [0.5, 0.6) is 0 Å². The molecule has 1 unspecified atom stereocenters. The number of hydrogen-bond donors (Lipinski definition) is 1. The first-order valence-electron chi connectivity index (χ1n) is 8.26. The Hall–Kier alpha value is -0.790. The molecule has 116 valence electrons. The summed E-state index contributed by atoms with van der Waals surface area (Å²) in [4.78, 5) is 11.5. The predicted octanol–water partition coefficient (Wildman–Crippen LogP) is 4.70. The average molecular weight is 279 g/mol. The van der Waals surface area contributed by atoms with Gasteiger partial charge in [-0.3, -0.25) is 4.79 Å². The maximum Gasteiger partial charge on any atom is 0.246 e. The molecule has 0 spiro atoms. The number of rotatable bonds is 6. The molecule has 2 nitrogen and oxygen atoms in total. The van der Waals surface area contributed by atoms with Crippen molar-refractivity contribution in [3.05, 3.63) is 12.2 Å². The van der Waals surface area contributed by atoms with Crippen LogP contribution in [0.1, 0.15) is 72.6 Å². The van der Waals surface area contributed by atoms with Crippen molar-refractivity contribution in [1.29, 1.82) is 0 Å². The van der Waals surface area contributed by atoms with Crippen molar-refractivity contribution >= 4 is 5.91 Å². The molecule has 1 saturated carbocycles. The van der Waals surface area contributed by atoms with Crippen LogP contribution >= 0.6 is 0 Å². The fourth-order valence-electron chi connectivity index (χ4n) is 3.59. The van der Waals surface area contributed by atoms with E-state index in [1.165, 1.54) is 38.5 Å². The predicted molar refractivity (Wildman–Crippen MR) is 86.6 cm³/mol. The summed E-state index contributed by atoms with van der Waals surface area (Å²) >= 11 is 0. The summed E-state index contributed by atoms with van der Waals surface area (Å²) < 4.78 is 0. The lowest BCUT2D eigenvalue weighted by Gasteiger charge is -2.39. The highest BCUT2D eigenvalue weighted by Crippen LogP contribution is 2.42. The summed E-state index contributed by atoms with van der Waals surface area (Å²) in [5, 5.41) is 2.95. The van der Waals surface area contributed by atoms with Crippen molar-refractivity contribution in [2.45, 2.75) is 72.6 Å². The summed E-state index contributed by atoms with van der Waals surface area (Å²) in [5.41, 5.74) is 0.977. The van der Waals surface area contributed by atoms with Crippen LogP contribution in [-0.4, -0.2) is 12.5 Å². The summed E-state index contributed by atoms with van der Waals surface area (Å²) in [6, 6.07) is 0. The zero-order chi connectivity index (χ0) is 15.2. The van der Waals surface area contributed by atoms with Crippen LogP contribution in [0.2, 0.25) is 0 Å². The van der Waals surface area contributed by atoms with Crippen LogP contribution in [0.4, 0.5) is 0 Å². The second-order valence-corrected chi connectivity index (χ2v) is 7.55. The molecule has 0 saturated heterocycles. The van der Waals surface area contributed by atoms with Gasteiger partial charge in [-0.25, -0.2) is 0 Å². The van der Waals surface area contributed by atoms with Gasteiger partial charge in [0.15, 0.2) is 0 Å². The number of amides is 1. The van der Waals surface area contributed by atoms with Crippen LogP contribution < -0.4 is 5.32 Å². The Morgan fingerprint density at radius 3 is 2.35 bits per heavy atom. The van der Waals surface area contributed by atoms with Gasteiger partial charge in [-0.1, -0.05) is 59.5 Å². The van der Waals surface area contributed by atoms with Gasteiger partial charge in [0.1, 0.15) is 0 Å². The zero-order valence-corrected chi connectivity index (χ0v) is 13.9. The molecular weight excluding hydrogens is 246 g/mol. The Balaban J connectivity index is 2.41. The molecule has 0 aliphatic heterocycles. The highest BCUT2D eigenvalue weighted by atomic mass is 16.1. The number of carbonyl (C=O) groups excluding carboxylic acids is 1. The quantitative estimate of drug-likeness (QED) is 0.554. The molecule has 0 heterocycles. The van der Waals surface area contributed by atoms with E-state index in [1.807, 2.05) is 0 Å². The molecule has 1 rings (SSSR count). The molecule has 0 aromatic carbocycles. The van der Waals surface area contributed by atoms with Gasteiger partial charge in [0, 0.05) is 12.1 Å². The van der Waals surface area contributed by atoms with E-state index in [9.17, 15) is 4.79 Å². The van der Waals surface area contributed by atoms with E-state index in [0.717, 1.165) is 24.8 Å². The van der Waals surface area contributed by atoms with Crippen molar-refractivity contribution in [2.24, 2.45) is 17.3 Å². The third kappa shape index (κ3) is 5.68. The van der Waals surface area contributed by atoms with Crippen LogP contribution in [0.3, 0.4) is 0 Å². The Morgan fingerprint density at radius 1 is 1.25 bits per heavy atom.